The van der Waals surface area contributed by atoms with Crippen molar-refractivity contribution >= 4 is 90.0 Å². The van der Waals surface area contributed by atoms with Gasteiger partial charge in [0.1, 0.15) is 5.75 Å². The topological polar surface area (TPSA) is 82.3 Å². The number of fused-ring (bicyclic) bond motifs is 10. The maximum absolute atomic E-state index is 12.0. The highest BCUT2D eigenvalue weighted by molar-refractivity contribution is 6.21. The number of likely N-dealkylation sites (tertiary alicyclic amines) is 2. The van der Waals surface area contributed by atoms with Gasteiger partial charge < -0.3 is 29.0 Å². The van der Waals surface area contributed by atoms with Crippen LogP contribution in [0, 0.1) is 11.8 Å². The van der Waals surface area contributed by atoms with Crippen molar-refractivity contribution in [1.82, 2.24) is 28.9 Å². The SMILES string of the molecule is Cl.Cl.O=c1ccc2c(c1)[nH]c1ccc3ccn(CCN4CCC(C5CCN(CCn6ccc7ccc8nc9ccc(O)cc9c8c7c6)CC5)CC4)cc3c12. The van der Waals surface area contributed by atoms with Crippen LogP contribution in [0.3, 0.4) is 0 Å². The number of hydrogen-bond acceptors (Lipinski definition) is 5. The van der Waals surface area contributed by atoms with Crippen LogP contribution in [0.2, 0.25) is 0 Å². The summed E-state index contributed by atoms with van der Waals surface area (Å²) in [7, 11) is 0. The van der Waals surface area contributed by atoms with Crippen molar-refractivity contribution < 1.29 is 5.11 Å². The van der Waals surface area contributed by atoms with E-state index in [4.69, 9.17) is 4.98 Å². The molecule has 0 radical (unpaired) electrons. The number of hydrogen-bond donors (Lipinski definition) is 2. The van der Waals surface area contributed by atoms with E-state index in [-0.39, 0.29) is 36.0 Å². The Bertz CT molecular complexity index is 2680. The van der Waals surface area contributed by atoms with E-state index in [2.05, 4.69) is 85.1 Å². The third-order valence-corrected chi connectivity index (χ3v) is 12.3. The maximum Gasteiger partial charge on any atom is 0.180 e. The minimum atomic E-state index is 0. The van der Waals surface area contributed by atoms with Crippen LogP contribution in [-0.2, 0) is 13.1 Å². The van der Waals surface area contributed by atoms with Crippen LogP contribution in [-0.4, -0.2) is 73.3 Å². The fourth-order valence-electron chi connectivity index (χ4n) is 9.40. The zero-order chi connectivity index (χ0) is 34.8. The number of piperidine rings is 2. The molecule has 278 valence electrons. The molecule has 0 spiro atoms. The summed E-state index contributed by atoms with van der Waals surface area (Å²) in [5.74, 6) is 1.98. The van der Waals surface area contributed by atoms with Gasteiger partial charge in [-0.3, -0.25) is 4.79 Å². The molecule has 8 nitrogen and oxygen atoms in total. The lowest BCUT2D eigenvalue weighted by Gasteiger charge is -2.40. The molecule has 2 aliphatic rings. The summed E-state index contributed by atoms with van der Waals surface area (Å²) in [4.78, 5) is 25.5. The molecule has 6 heterocycles. The zero-order valence-electron chi connectivity index (χ0n) is 30.3. The Morgan fingerprint density at radius 2 is 1.19 bits per heavy atom. The number of nitrogens with zero attached hydrogens (tertiary/aromatic N) is 5. The molecule has 0 aliphatic carbocycles. The number of benzene rings is 4. The van der Waals surface area contributed by atoms with E-state index in [0.29, 0.717) is 0 Å². The number of aromatic hydroxyl groups is 1. The molecule has 0 unspecified atom stereocenters. The van der Waals surface area contributed by atoms with Gasteiger partial charge in [0.15, 0.2) is 5.43 Å². The minimum absolute atomic E-state index is 0. The van der Waals surface area contributed by atoms with Gasteiger partial charge in [-0.1, -0.05) is 12.1 Å². The van der Waals surface area contributed by atoms with E-state index >= 15 is 0 Å². The van der Waals surface area contributed by atoms with Crippen molar-refractivity contribution in [3.8, 4) is 5.75 Å². The first kappa shape index (κ1) is 36.4. The highest BCUT2D eigenvalue weighted by atomic mass is 35.5. The van der Waals surface area contributed by atoms with E-state index in [0.717, 1.165) is 76.2 Å². The molecule has 10 rings (SSSR count). The number of rotatable bonds is 7. The van der Waals surface area contributed by atoms with Crippen LogP contribution in [0.5, 0.6) is 5.75 Å². The summed E-state index contributed by atoms with van der Waals surface area (Å²) >= 11 is 0. The Morgan fingerprint density at radius 3 is 1.83 bits per heavy atom. The lowest BCUT2D eigenvalue weighted by molar-refractivity contribution is 0.0935. The van der Waals surface area contributed by atoms with E-state index < -0.39 is 0 Å². The summed E-state index contributed by atoms with van der Waals surface area (Å²) in [5.41, 5.74) is 3.94. The molecule has 4 aromatic carbocycles. The average Bonchev–Trinajstić information content (AvgIpc) is 3.74. The summed E-state index contributed by atoms with van der Waals surface area (Å²) in [6.45, 7) is 8.87. The monoisotopic (exact) mass is 760 g/mol. The molecule has 4 aromatic heterocycles. The normalized spacial score (nSPS) is 16.5. The third kappa shape index (κ3) is 6.70. The molecule has 2 aliphatic heterocycles. The number of pyridine rings is 2. The van der Waals surface area contributed by atoms with Crippen molar-refractivity contribution in [2.75, 3.05) is 39.3 Å². The smallest absolute Gasteiger partial charge is 0.180 e. The van der Waals surface area contributed by atoms with Crippen LogP contribution in [0.15, 0.2) is 102 Å². The summed E-state index contributed by atoms with van der Waals surface area (Å²) < 4.78 is 4.67. The lowest BCUT2D eigenvalue weighted by atomic mass is 9.79. The molecule has 0 saturated carbocycles. The average molecular weight is 762 g/mol. The highest BCUT2D eigenvalue weighted by Gasteiger charge is 2.29. The van der Waals surface area contributed by atoms with Gasteiger partial charge in [-0.05, 0) is 129 Å². The molecule has 54 heavy (non-hydrogen) atoms. The van der Waals surface area contributed by atoms with E-state index in [1.165, 1.54) is 78.8 Å². The fraction of sp³-hybridized carbons (Fsp3) is 0.318. The number of H-pyrrole nitrogens is 1. The fourth-order valence-corrected chi connectivity index (χ4v) is 9.40. The van der Waals surface area contributed by atoms with Gasteiger partial charge in [0.05, 0.1) is 16.6 Å². The number of phenolic OH excluding ortho intramolecular Hbond substituents is 1. The van der Waals surface area contributed by atoms with Gasteiger partial charge in [-0.25, -0.2) is 4.98 Å². The van der Waals surface area contributed by atoms with Crippen molar-refractivity contribution in [2.24, 2.45) is 11.8 Å². The first-order valence-corrected chi connectivity index (χ1v) is 19.0. The lowest BCUT2D eigenvalue weighted by Crippen LogP contribution is -2.42. The molecular formula is C44H46Cl2N6O2. The second kappa shape index (κ2) is 14.9. The highest BCUT2D eigenvalue weighted by Crippen LogP contribution is 2.35. The Labute approximate surface area is 326 Å². The quantitative estimate of drug-likeness (QED) is 0.170. The predicted molar refractivity (Wildman–Crippen MR) is 227 cm³/mol. The molecule has 2 fully saturated rings. The van der Waals surface area contributed by atoms with Crippen LogP contribution in [0.1, 0.15) is 25.7 Å². The molecule has 10 heteroatoms. The second-order valence-corrected chi connectivity index (χ2v) is 15.3. The number of aromatic amines is 1. The standard InChI is InChI=1S/C44H44N6O2.2ClH/c51-33-4-8-39-36(25-33)44-38-28-50(20-14-32(38)2-7-41(44)45-39)24-22-48-17-11-30(12-18-48)29-9-15-47(16-10-29)21-23-49-19-13-31-1-6-40-43(37(31)27-49)35-5-3-34(52)26-42(35)46-40;;/h1-8,13-14,19-20,25-30,46,51H,9-12,15-18,21-24H2;2*1H. The van der Waals surface area contributed by atoms with Crippen LogP contribution in [0.4, 0.5) is 0 Å². The Hall–Kier alpha value is -4.60. The molecule has 0 amide bonds. The van der Waals surface area contributed by atoms with Crippen molar-refractivity contribution in [2.45, 2.75) is 38.8 Å². The van der Waals surface area contributed by atoms with Crippen LogP contribution in [0.25, 0.3) is 65.2 Å². The van der Waals surface area contributed by atoms with Crippen molar-refractivity contribution in [1.29, 1.82) is 0 Å². The van der Waals surface area contributed by atoms with Gasteiger partial charge in [0.2, 0.25) is 0 Å². The van der Waals surface area contributed by atoms with Gasteiger partial charge in [0, 0.05) is 94.9 Å². The van der Waals surface area contributed by atoms with Crippen LogP contribution < -0.4 is 5.43 Å². The zero-order valence-corrected chi connectivity index (χ0v) is 31.9. The van der Waals surface area contributed by atoms with Crippen molar-refractivity contribution in [3.63, 3.8) is 0 Å². The van der Waals surface area contributed by atoms with Crippen molar-refractivity contribution in [3.05, 3.63) is 108 Å². The van der Waals surface area contributed by atoms with Gasteiger partial charge in [-0.2, -0.15) is 0 Å². The van der Waals surface area contributed by atoms with Gasteiger partial charge >= 0.3 is 0 Å². The number of halogens is 2. The van der Waals surface area contributed by atoms with E-state index in [1.807, 2.05) is 18.2 Å². The summed E-state index contributed by atoms with van der Waals surface area (Å²) in [6.07, 6.45) is 14.2. The second-order valence-electron chi connectivity index (χ2n) is 15.3. The Morgan fingerprint density at radius 1 is 0.593 bits per heavy atom. The predicted octanol–water partition coefficient (Wildman–Crippen LogP) is 8.97. The minimum Gasteiger partial charge on any atom is -0.508 e. The van der Waals surface area contributed by atoms with E-state index in [9.17, 15) is 9.90 Å². The van der Waals surface area contributed by atoms with Gasteiger partial charge in [0.25, 0.3) is 0 Å². The first-order valence-electron chi connectivity index (χ1n) is 19.0. The number of nitrogens with one attached hydrogen (secondary N) is 1. The number of phenols is 1. The Kier molecular flexibility index (Phi) is 10.0. The summed E-state index contributed by atoms with van der Waals surface area (Å²) in [6, 6.07) is 23.8. The third-order valence-electron chi connectivity index (χ3n) is 12.3. The number of aromatic nitrogens is 4. The Balaban J connectivity index is 0.00000207. The largest absolute Gasteiger partial charge is 0.508 e. The molecule has 0 bridgehead atoms. The maximum atomic E-state index is 12.0. The molecule has 2 N–H and O–H groups in total. The molecule has 0 atom stereocenters. The van der Waals surface area contributed by atoms with Crippen LogP contribution >= 0.6 is 24.8 Å². The van der Waals surface area contributed by atoms with Gasteiger partial charge in [-0.15, -0.1) is 24.8 Å². The molecule has 8 aromatic rings. The first-order chi connectivity index (χ1) is 25.5. The molecular weight excluding hydrogens is 715 g/mol. The molecule has 2 saturated heterocycles. The van der Waals surface area contributed by atoms with E-state index in [1.54, 1.807) is 18.2 Å². The summed E-state index contributed by atoms with van der Waals surface area (Å²) in [5, 5.41) is 19.5.